The van der Waals surface area contributed by atoms with Crippen molar-refractivity contribution in [2.75, 3.05) is 25.4 Å². The minimum atomic E-state index is -3.24. The molecule has 2 aliphatic carbocycles. The highest BCUT2D eigenvalue weighted by molar-refractivity contribution is 7.89. The molecule has 0 bridgehead atoms. The predicted octanol–water partition coefficient (Wildman–Crippen LogP) is 3.79. The Morgan fingerprint density at radius 2 is 1.46 bits per heavy atom. The second-order valence-corrected chi connectivity index (χ2v) is 11.8. The smallest absolute Gasteiger partial charge is 0.222 e. The number of likely N-dealkylation sites (tertiary alicyclic amines) is 1. The summed E-state index contributed by atoms with van der Waals surface area (Å²) in [6.45, 7) is 2.47. The van der Waals surface area contributed by atoms with Gasteiger partial charge >= 0.3 is 0 Å². The first-order valence-electron chi connectivity index (χ1n) is 11.8. The number of amides is 1. The maximum Gasteiger partial charge on any atom is 0.222 e. The molecule has 28 heavy (non-hydrogen) atoms. The molecule has 4 fully saturated rings. The van der Waals surface area contributed by atoms with Crippen LogP contribution in [-0.2, 0) is 14.8 Å². The summed E-state index contributed by atoms with van der Waals surface area (Å²) in [5.41, 5.74) is 0. The van der Waals surface area contributed by atoms with Crippen molar-refractivity contribution in [3.8, 4) is 0 Å². The van der Waals surface area contributed by atoms with Gasteiger partial charge in [-0.3, -0.25) is 4.79 Å². The average Bonchev–Trinajstić information content (AvgIpc) is 2.72. The number of sulfonamides is 1. The zero-order valence-electron chi connectivity index (χ0n) is 17.4. The van der Waals surface area contributed by atoms with Crippen LogP contribution < -0.4 is 0 Å². The maximum atomic E-state index is 13.0. The van der Waals surface area contributed by atoms with Crippen LogP contribution in [0.25, 0.3) is 0 Å². The third-order valence-corrected chi connectivity index (χ3v) is 9.96. The molecule has 160 valence electrons. The van der Waals surface area contributed by atoms with Crippen molar-refractivity contribution < 1.29 is 13.2 Å². The van der Waals surface area contributed by atoms with E-state index in [2.05, 4.69) is 0 Å². The fraction of sp³-hybridized carbons (Fsp3) is 0.955. The minimum Gasteiger partial charge on any atom is -0.342 e. The molecular weight excluding hydrogens is 372 g/mol. The fourth-order valence-electron chi connectivity index (χ4n) is 6.43. The first kappa shape index (κ1) is 20.6. The lowest BCUT2D eigenvalue weighted by molar-refractivity contribution is -0.134. The van der Waals surface area contributed by atoms with E-state index in [4.69, 9.17) is 0 Å². The highest BCUT2D eigenvalue weighted by atomic mass is 32.2. The number of hydrogen-bond acceptors (Lipinski definition) is 3. The van der Waals surface area contributed by atoms with Gasteiger partial charge in [-0.25, -0.2) is 8.42 Å². The van der Waals surface area contributed by atoms with Crippen LogP contribution >= 0.6 is 0 Å². The second kappa shape index (κ2) is 9.03. The molecular formula is C22H38N2O3S. The largest absolute Gasteiger partial charge is 0.342 e. The van der Waals surface area contributed by atoms with Crippen LogP contribution in [0.2, 0.25) is 0 Å². The summed E-state index contributed by atoms with van der Waals surface area (Å²) in [4.78, 5) is 14.7. The van der Waals surface area contributed by atoms with Gasteiger partial charge in [0.2, 0.25) is 15.9 Å². The molecule has 0 radical (unpaired) electrons. The van der Waals surface area contributed by atoms with E-state index < -0.39 is 10.0 Å². The van der Waals surface area contributed by atoms with E-state index in [0.29, 0.717) is 31.2 Å². The Hall–Kier alpha value is -0.620. The van der Waals surface area contributed by atoms with E-state index in [-0.39, 0.29) is 17.7 Å². The minimum absolute atomic E-state index is 0.141. The van der Waals surface area contributed by atoms with Gasteiger partial charge in [0, 0.05) is 32.1 Å². The van der Waals surface area contributed by atoms with E-state index in [1.807, 2.05) is 9.21 Å². The third kappa shape index (κ3) is 4.58. The van der Waals surface area contributed by atoms with Crippen LogP contribution in [0.15, 0.2) is 0 Å². The molecule has 1 amide bonds. The van der Waals surface area contributed by atoms with E-state index in [0.717, 1.165) is 44.7 Å². The van der Waals surface area contributed by atoms with Crippen LogP contribution in [-0.4, -0.2) is 55.0 Å². The molecule has 0 spiro atoms. The van der Waals surface area contributed by atoms with E-state index >= 15 is 0 Å². The van der Waals surface area contributed by atoms with E-state index in [1.165, 1.54) is 44.9 Å². The van der Waals surface area contributed by atoms with Crippen molar-refractivity contribution in [2.24, 2.45) is 17.8 Å². The van der Waals surface area contributed by atoms with Gasteiger partial charge in [0.1, 0.15) is 0 Å². The Labute approximate surface area is 171 Å². The highest BCUT2D eigenvalue weighted by Crippen LogP contribution is 2.37. The normalized spacial score (nSPS) is 34.5. The molecule has 2 aliphatic heterocycles. The number of carbonyl (C=O) groups excluding carboxylic acids is 1. The number of nitrogens with zero attached hydrogens (tertiary/aromatic N) is 2. The second-order valence-electron chi connectivity index (χ2n) is 9.72. The topological polar surface area (TPSA) is 57.7 Å². The summed E-state index contributed by atoms with van der Waals surface area (Å²) >= 11 is 0. The summed E-state index contributed by atoms with van der Waals surface area (Å²) < 4.78 is 27.8. The number of carbonyl (C=O) groups is 1. The molecule has 4 aliphatic rings. The first-order valence-corrected chi connectivity index (χ1v) is 13.4. The monoisotopic (exact) mass is 410 g/mol. The van der Waals surface area contributed by atoms with Gasteiger partial charge in [-0.05, 0) is 62.7 Å². The fourth-order valence-corrected chi connectivity index (χ4v) is 8.27. The molecule has 0 N–H and O–H groups in total. The molecule has 2 saturated carbocycles. The molecule has 4 rings (SSSR count). The summed E-state index contributed by atoms with van der Waals surface area (Å²) in [7, 11) is -3.24. The number of hydrogen-bond donors (Lipinski definition) is 0. The van der Waals surface area contributed by atoms with Crippen molar-refractivity contribution in [3.63, 3.8) is 0 Å². The molecule has 0 aromatic heterocycles. The quantitative estimate of drug-likeness (QED) is 0.693. The Bertz CT molecular complexity index is 648. The maximum absolute atomic E-state index is 13.0. The lowest BCUT2D eigenvalue weighted by Gasteiger charge is -2.43. The van der Waals surface area contributed by atoms with Gasteiger partial charge in [-0.2, -0.15) is 4.31 Å². The van der Waals surface area contributed by atoms with Gasteiger partial charge in [-0.15, -0.1) is 0 Å². The third-order valence-electron chi connectivity index (χ3n) is 7.99. The Balaban J connectivity index is 1.26. The van der Waals surface area contributed by atoms with Crippen molar-refractivity contribution >= 4 is 15.9 Å². The van der Waals surface area contributed by atoms with Crippen LogP contribution in [0.3, 0.4) is 0 Å². The highest BCUT2D eigenvalue weighted by Gasteiger charge is 2.39. The zero-order valence-corrected chi connectivity index (χ0v) is 18.2. The predicted molar refractivity (Wildman–Crippen MR) is 111 cm³/mol. The molecule has 0 aromatic rings. The number of piperidine rings is 2. The molecule has 5 nitrogen and oxygen atoms in total. The standard InChI is InChI=1S/C22H38N2O3S/c25-22(23-15-13-18-7-1-2-9-20(18)17-23)12-6-16-28(26,27)24-14-5-10-19-8-3-4-11-21(19)24/h18-21H,1-17H2. The number of rotatable bonds is 5. The van der Waals surface area contributed by atoms with Crippen molar-refractivity contribution in [3.05, 3.63) is 0 Å². The van der Waals surface area contributed by atoms with Gasteiger partial charge in [0.05, 0.1) is 5.75 Å². The summed E-state index contributed by atoms with van der Waals surface area (Å²) in [5.74, 6) is 2.39. The molecule has 0 aromatic carbocycles. The summed E-state index contributed by atoms with van der Waals surface area (Å²) in [6, 6.07) is 0.230. The van der Waals surface area contributed by atoms with Gasteiger partial charge in [-0.1, -0.05) is 32.1 Å². The van der Waals surface area contributed by atoms with E-state index in [1.54, 1.807) is 0 Å². The first-order chi connectivity index (χ1) is 13.5. The molecule has 2 heterocycles. The lowest BCUT2D eigenvalue weighted by Crippen LogP contribution is -2.50. The van der Waals surface area contributed by atoms with Crippen LogP contribution in [0.4, 0.5) is 0 Å². The van der Waals surface area contributed by atoms with Crippen molar-refractivity contribution in [2.45, 2.75) is 89.5 Å². The zero-order chi connectivity index (χ0) is 19.6. The van der Waals surface area contributed by atoms with Crippen LogP contribution in [0.1, 0.15) is 83.5 Å². The Kier molecular flexibility index (Phi) is 6.66. The SMILES string of the molecule is O=C(CCCS(=O)(=O)N1CCCC2CCCCC21)N1CCC2CCCCC2C1. The van der Waals surface area contributed by atoms with E-state index in [9.17, 15) is 13.2 Å². The average molecular weight is 411 g/mol. The van der Waals surface area contributed by atoms with Crippen LogP contribution in [0.5, 0.6) is 0 Å². The molecule has 4 unspecified atom stereocenters. The Morgan fingerprint density at radius 3 is 2.29 bits per heavy atom. The summed E-state index contributed by atoms with van der Waals surface area (Å²) in [6.07, 6.45) is 14.1. The summed E-state index contributed by atoms with van der Waals surface area (Å²) in [5, 5.41) is 0. The number of fused-ring (bicyclic) bond motifs is 2. The molecule has 2 saturated heterocycles. The van der Waals surface area contributed by atoms with Crippen molar-refractivity contribution in [1.82, 2.24) is 9.21 Å². The van der Waals surface area contributed by atoms with Crippen molar-refractivity contribution in [1.29, 1.82) is 0 Å². The lowest BCUT2D eigenvalue weighted by atomic mass is 9.75. The van der Waals surface area contributed by atoms with Gasteiger partial charge < -0.3 is 4.90 Å². The van der Waals surface area contributed by atoms with Crippen LogP contribution in [0, 0.1) is 17.8 Å². The molecule has 6 heteroatoms. The van der Waals surface area contributed by atoms with Gasteiger partial charge in [0.25, 0.3) is 0 Å². The Morgan fingerprint density at radius 1 is 0.786 bits per heavy atom. The van der Waals surface area contributed by atoms with Gasteiger partial charge in [0.15, 0.2) is 0 Å². The molecule has 4 atom stereocenters.